The fourth-order valence-corrected chi connectivity index (χ4v) is 3.61. The fraction of sp³-hybridized carbons (Fsp3) is 0.0370. The van der Waals surface area contributed by atoms with E-state index in [2.05, 4.69) is 20.6 Å². The molecular weight excluding hydrogens is 460 g/mol. The first-order chi connectivity index (χ1) is 17.1. The minimum atomic E-state index is -0.321. The highest BCUT2D eigenvalue weighted by Gasteiger charge is 2.11. The normalized spacial score (nSPS) is 10.6. The summed E-state index contributed by atoms with van der Waals surface area (Å²) in [4.78, 5) is 21.2. The van der Waals surface area contributed by atoms with Crippen molar-refractivity contribution in [1.29, 1.82) is 0 Å². The molecule has 1 amide bonds. The van der Waals surface area contributed by atoms with E-state index in [1.807, 2.05) is 42.5 Å². The standard InChI is InChI=1S/C27H20N4O3S/c32-25(19-8-11-22(12-9-19)33-17-18-5-2-1-3-6-18)31-27(35)29-21-10-13-24-23(15-21)30-26(34-24)20-7-4-14-28-16-20/h1-16H,17H2,(H2,29,31,32,35). The summed E-state index contributed by atoms with van der Waals surface area (Å²) in [5.74, 6) is 0.841. The van der Waals surface area contributed by atoms with Gasteiger partial charge in [-0.05, 0) is 72.4 Å². The van der Waals surface area contributed by atoms with Crippen molar-refractivity contribution in [2.24, 2.45) is 0 Å². The Hall–Kier alpha value is -4.56. The molecule has 0 aliphatic carbocycles. The molecule has 2 heterocycles. The maximum atomic E-state index is 12.6. The highest BCUT2D eigenvalue weighted by Crippen LogP contribution is 2.25. The van der Waals surface area contributed by atoms with Crippen LogP contribution in [0, 0.1) is 0 Å². The molecule has 0 bridgehead atoms. The zero-order valence-electron chi connectivity index (χ0n) is 18.5. The Balaban J connectivity index is 1.18. The molecule has 0 unspecified atom stereocenters. The van der Waals surface area contributed by atoms with E-state index in [0.29, 0.717) is 40.6 Å². The first-order valence-corrected chi connectivity index (χ1v) is 11.2. The molecule has 0 fully saturated rings. The summed E-state index contributed by atoms with van der Waals surface area (Å²) in [6.07, 6.45) is 3.38. The lowest BCUT2D eigenvalue weighted by atomic mass is 10.2. The van der Waals surface area contributed by atoms with Crippen LogP contribution >= 0.6 is 12.2 Å². The maximum absolute atomic E-state index is 12.6. The number of anilines is 1. The molecule has 5 aromatic rings. The number of benzene rings is 3. The summed E-state index contributed by atoms with van der Waals surface area (Å²) in [5.41, 5.74) is 4.31. The second kappa shape index (κ2) is 10.1. The van der Waals surface area contributed by atoms with Gasteiger partial charge in [-0.1, -0.05) is 30.3 Å². The van der Waals surface area contributed by atoms with E-state index in [0.717, 1.165) is 11.1 Å². The molecule has 0 aliphatic rings. The number of carbonyl (C=O) groups is 1. The molecule has 0 atom stereocenters. The van der Waals surface area contributed by atoms with Gasteiger partial charge in [0.2, 0.25) is 5.89 Å². The number of nitrogens with zero attached hydrogens (tertiary/aromatic N) is 2. The zero-order valence-corrected chi connectivity index (χ0v) is 19.3. The predicted octanol–water partition coefficient (Wildman–Crippen LogP) is 5.60. The van der Waals surface area contributed by atoms with Crippen LogP contribution in [0.1, 0.15) is 15.9 Å². The predicted molar refractivity (Wildman–Crippen MR) is 138 cm³/mol. The second-order valence-corrected chi connectivity index (χ2v) is 8.06. The summed E-state index contributed by atoms with van der Waals surface area (Å²) in [6.45, 7) is 0.458. The SMILES string of the molecule is O=C(NC(=S)Nc1ccc2oc(-c3cccnc3)nc2c1)c1ccc(OCc2ccccc2)cc1. The van der Waals surface area contributed by atoms with Crippen molar-refractivity contribution in [3.8, 4) is 17.2 Å². The van der Waals surface area contributed by atoms with Crippen molar-refractivity contribution in [2.75, 3.05) is 5.32 Å². The van der Waals surface area contributed by atoms with Gasteiger partial charge in [0.05, 0.1) is 5.56 Å². The molecule has 0 saturated heterocycles. The summed E-state index contributed by atoms with van der Waals surface area (Å²) in [7, 11) is 0. The number of carbonyl (C=O) groups excluding carboxylic acids is 1. The summed E-state index contributed by atoms with van der Waals surface area (Å²) in [6, 6.07) is 25.9. The van der Waals surface area contributed by atoms with Crippen LogP contribution in [-0.2, 0) is 6.61 Å². The van der Waals surface area contributed by atoms with Crippen LogP contribution in [0.25, 0.3) is 22.6 Å². The van der Waals surface area contributed by atoms with Gasteiger partial charge < -0.3 is 14.5 Å². The van der Waals surface area contributed by atoms with Crippen LogP contribution in [0.5, 0.6) is 5.75 Å². The molecule has 5 rings (SSSR count). The lowest BCUT2D eigenvalue weighted by molar-refractivity contribution is 0.0977. The molecule has 35 heavy (non-hydrogen) atoms. The van der Waals surface area contributed by atoms with Crippen LogP contribution in [0.3, 0.4) is 0 Å². The molecule has 0 spiro atoms. The maximum Gasteiger partial charge on any atom is 0.257 e. The Morgan fingerprint density at radius 3 is 2.57 bits per heavy atom. The highest BCUT2D eigenvalue weighted by atomic mass is 32.1. The summed E-state index contributed by atoms with van der Waals surface area (Å²) >= 11 is 5.32. The number of fused-ring (bicyclic) bond motifs is 1. The summed E-state index contributed by atoms with van der Waals surface area (Å²) < 4.78 is 11.6. The smallest absolute Gasteiger partial charge is 0.257 e. The van der Waals surface area contributed by atoms with Crippen LogP contribution in [0.4, 0.5) is 5.69 Å². The number of hydrogen-bond acceptors (Lipinski definition) is 6. The van der Waals surface area contributed by atoms with Gasteiger partial charge in [0.25, 0.3) is 5.91 Å². The van der Waals surface area contributed by atoms with Crippen LogP contribution < -0.4 is 15.4 Å². The van der Waals surface area contributed by atoms with Gasteiger partial charge in [-0.3, -0.25) is 15.1 Å². The van der Waals surface area contributed by atoms with Crippen LogP contribution in [-0.4, -0.2) is 21.0 Å². The molecular formula is C27H20N4O3S. The molecule has 0 radical (unpaired) electrons. The molecule has 2 aromatic heterocycles. The summed E-state index contributed by atoms with van der Waals surface area (Å²) in [5, 5.41) is 5.88. The van der Waals surface area contributed by atoms with E-state index >= 15 is 0 Å². The van der Waals surface area contributed by atoms with Crippen molar-refractivity contribution in [3.05, 3.63) is 108 Å². The van der Waals surface area contributed by atoms with Crippen molar-refractivity contribution in [1.82, 2.24) is 15.3 Å². The van der Waals surface area contributed by atoms with Gasteiger partial charge in [-0.2, -0.15) is 0 Å². The third-order valence-electron chi connectivity index (χ3n) is 5.15. The number of thiocarbonyl (C=S) groups is 1. The van der Waals surface area contributed by atoms with E-state index in [4.69, 9.17) is 21.4 Å². The Morgan fingerprint density at radius 1 is 0.971 bits per heavy atom. The number of rotatable bonds is 6. The number of pyridine rings is 1. The van der Waals surface area contributed by atoms with E-state index in [1.165, 1.54) is 0 Å². The molecule has 8 heteroatoms. The average molecular weight is 481 g/mol. The Labute approximate surface area is 206 Å². The minimum absolute atomic E-state index is 0.176. The van der Waals surface area contributed by atoms with Crippen molar-refractivity contribution in [3.63, 3.8) is 0 Å². The first-order valence-electron chi connectivity index (χ1n) is 10.8. The van der Waals surface area contributed by atoms with E-state index in [9.17, 15) is 4.79 Å². The van der Waals surface area contributed by atoms with Crippen LogP contribution in [0.2, 0.25) is 0 Å². The molecule has 3 aromatic carbocycles. The number of oxazole rings is 1. The number of aromatic nitrogens is 2. The van der Waals surface area contributed by atoms with Crippen LogP contribution in [0.15, 0.2) is 102 Å². The first kappa shape index (κ1) is 22.2. The number of hydrogen-bond donors (Lipinski definition) is 2. The molecule has 172 valence electrons. The third kappa shape index (κ3) is 5.51. The third-order valence-corrected chi connectivity index (χ3v) is 5.35. The quantitative estimate of drug-likeness (QED) is 0.306. The van der Waals surface area contributed by atoms with Gasteiger partial charge in [0.1, 0.15) is 17.9 Å². The van der Waals surface area contributed by atoms with E-state index < -0.39 is 0 Å². The van der Waals surface area contributed by atoms with Gasteiger partial charge in [-0.25, -0.2) is 4.98 Å². The van der Waals surface area contributed by atoms with Crippen molar-refractivity contribution < 1.29 is 13.9 Å². The number of amides is 1. The molecule has 7 nitrogen and oxygen atoms in total. The van der Waals surface area contributed by atoms with Gasteiger partial charge in [-0.15, -0.1) is 0 Å². The average Bonchev–Trinajstić information content (AvgIpc) is 3.32. The molecule has 0 saturated carbocycles. The molecule has 0 aliphatic heterocycles. The second-order valence-electron chi connectivity index (χ2n) is 7.65. The van der Waals surface area contributed by atoms with Gasteiger partial charge in [0.15, 0.2) is 10.7 Å². The lowest BCUT2D eigenvalue weighted by Crippen LogP contribution is -2.34. The lowest BCUT2D eigenvalue weighted by Gasteiger charge is -2.10. The van der Waals surface area contributed by atoms with Gasteiger partial charge >= 0.3 is 0 Å². The van der Waals surface area contributed by atoms with Crippen molar-refractivity contribution in [2.45, 2.75) is 6.61 Å². The minimum Gasteiger partial charge on any atom is -0.489 e. The number of nitrogens with one attached hydrogen (secondary N) is 2. The Kier molecular flexibility index (Phi) is 6.45. The van der Waals surface area contributed by atoms with Gasteiger partial charge in [0, 0.05) is 23.6 Å². The largest absolute Gasteiger partial charge is 0.489 e. The fourth-order valence-electron chi connectivity index (χ4n) is 3.40. The molecule has 2 N–H and O–H groups in total. The Morgan fingerprint density at radius 2 is 1.80 bits per heavy atom. The number of ether oxygens (including phenoxy) is 1. The van der Waals surface area contributed by atoms with E-state index in [-0.39, 0.29) is 11.0 Å². The zero-order chi connectivity index (χ0) is 24.0. The van der Waals surface area contributed by atoms with E-state index in [1.54, 1.807) is 54.9 Å². The Bertz CT molecular complexity index is 1470. The highest BCUT2D eigenvalue weighted by molar-refractivity contribution is 7.80. The van der Waals surface area contributed by atoms with Crippen molar-refractivity contribution >= 4 is 40.0 Å². The monoisotopic (exact) mass is 480 g/mol. The topological polar surface area (TPSA) is 89.3 Å².